The van der Waals surface area contributed by atoms with Crippen molar-refractivity contribution in [3.8, 4) is 17.0 Å². The summed E-state index contributed by atoms with van der Waals surface area (Å²) in [5, 5.41) is 5.45. The van der Waals surface area contributed by atoms with Gasteiger partial charge in [0.25, 0.3) is 0 Å². The van der Waals surface area contributed by atoms with Crippen LogP contribution < -0.4 is 4.74 Å². The Bertz CT molecular complexity index is 625. The van der Waals surface area contributed by atoms with Gasteiger partial charge in [0, 0.05) is 33.6 Å². The van der Waals surface area contributed by atoms with Crippen LogP contribution >= 0.6 is 11.3 Å². The SMILES string of the molecule is CCOc1ccc2cc(-c3ccsc3)[nH]c2c1. The van der Waals surface area contributed by atoms with Gasteiger partial charge in [0.15, 0.2) is 0 Å². The maximum absolute atomic E-state index is 5.50. The number of ether oxygens (including phenoxy) is 1. The number of H-pyrrole nitrogens is 1. The Balaban J connectivity index is 2.07. The molecule has 0 aliphatic rings. The van der Waals surface area contributed by atoms with Crippen molar-refractivity contribution in [2.24, 2.45) is 0 Å². The van der Waals surface area contributed by atoms with E-state index in [1.807, 2.05) is 13.0 Å². The van der Waals surface area contributed by atoms with Gasteiger partial charge in [-0.2, -0.15) is 11.3 Å². The topological polar surface area (TPSA) is 25.0 Å². The highest BCUT2D eigenvalue weighted by atomic mass is 32.1. The summed E-state index contributed by atoms with van der Waals surface area (Å²) < 4.78 is 5.50. The Morgan fingerprint density at radius 1 is 1.24 bits per heavy atom. The largest absolute Gasteiger partial charge is 0.494 e. The molecule has 0 saturated heterocycles. The fourth-order valence-electron chi connectivity index (χ4n) is 1.94. The Morgan fingerprint density at radius 3 is 2.94 bits per heavy atom. The number of thiophene rings is 1. The number of aromatic nitrogens is 1. The lowest BCUT2D eigenvalue weighted by Crippen LogP contribution is -1.90. The summed E-state index contributed by atoms with van der Waals surface area (Å²) in [6.45, 7) is 2.69. The normalized spacial score (nSPS) is 10.9. The van der Waals surface area contributed by atoms with Crippen molar-refractivity contribution in [2.45, 2.75) is 6.92 Å². The molecule has 1 aromatic carbocycles. The summed E-state index contributed by atoms with van der Waals surface area (Å²) in [6.07, 6.45) is 0. The molecule has 0 atom stereocenters. The van der Waals surface area contributed by atoms with Gasteiger partial charge in [-0.15, -0.1) is 0 Å². The minimum absolute atomic E-state index is 0.698. The Kier molecular flexibility index (Phi) is 2.61. The highest BCUT2D eigenvalue weighted by Crippen LogP contribution is 2.27. The van der Waals surface area contributed by atoms with Crippen molar-refractivity contribution in [2.75, 3.05) is 6.61 Å². The summed E-state index contributed by atoms with van der Waals surface area (Å²) in [5.74, 6) is 0.915. The minimum atomic E-state index is 0.698. The number of hydrogen-bond donors (Lipinski definition) is 1. The molecule has 0 unspecified atom stereocenters. The van der Waals surface area contributed by atoms with E-state index in [9.17, 15) is 0 Å². The molecule has 86 valence electrons. The van der Waals surface area contributed by atoms with Gasteiger partial charge >= 0.3 is 0 Å². The highest BCUT2D eigenvalue weighted by Gasteiger charge is 2.04. The smallest absolute Gasteiger partial charge is 0.121 e. The third-order valence-electron chi connectivity index (χ3n) is 2.74. The van der Waals surface area contributed by atoms with E-state index in [2.05, 4.69) is 40.0 Å². The Morgan fingerprint density at radius 2 is 2.18 bits per heavy atom. The van der Waals surface area contributed by atoms with Crippen molar-refractivity contribution < 1.29 is 4.74 Å². The fourth-order valence-corrected chi connectivity index (χ4v) is 2.59. The number of benzene rings is 1. The van der Waals surface area contributed by atoms with Gasteiger partial charge in [-0.3, -0.25) is 0 Å². The molecule has 17 heavy (non-hydrogen) atoms. The van der Waals surface area contributed by atoms with Crippen LogP contribution in [0.1, 0.15) is 6.92 Å². The van der Waals surface area contributed by atoms with Crippen LogP contribution in [0.25, 0.3) is 22.2 Å². The number of rotatable bonds is 3. The molecule has 0 aliphatic heterocycles. The summed E-state index contributed by atoms with van der Waals surface area (Å²) in [4.78, 5) is 3.42. The van der Waals surface area contributed by atoms with Crippen molar-refractivity contribution in [3.05, 3.63) is 41.1 Å². The van der Waals surface area contributed by atoms with Crippen LogP contribution in [0.2, 0.25) is 0 Å². The summed E-state index contributed by atoms with van der Waals surface area (Å²) >= 11 is 1.71. The van der Waals surface area contributed by atoms with E-state index in [4.69, 9.17) is 4.74 Å². The van der Waals surface area contributed by atoms with E-state index in [1.54, 1.807) is 11.3 Å². The summed E-state index contributed by atoms with van der Waals surface area (Å²) in [7, 11) is 0. The fraction of sp³-hybridized carbons (Fsp3) is 0.143. The molecule has 0 spiro atoms. The molecule has 3 aromatic rings. The van der Waals surface area contributed by atoms with Crippen LogP contribution in [0.15, 0.2) is 41.1 Å². The van der Waals surface area contributed by atoms with E-state index in [-0.39, 0.29) is 0 Å². The quantitative estimate of drug-likeness (QED) is 0.729. The minimum Gasteiger partial charge on any atom is -0.494 e. The first-order chi connectivity index (χ1) is 8.36. The second-order valence-electron chi connectivity index (χ2n) is 3.88. The van der Waals surface area contributed by atoms with Gasteiger partial charge < -0.3 is 9.72 Å². The van der Waals surface area contributed by atoms with Crippen LogP contribution in [0.3, 0.4) is 0 Å². The van der Waals surface area contributed by atoms with Crippen LogP contribution in [-0.4, -0.2) is 11.6 Å². The van der Waals surface area contributed by atoms with Gasteiger partial charge in [0.1, 0.15) is 5.75 Å². The lowest BCUT2D eigenvalue weighted by Gasteiger charge is -2.01. The zero-order valence-corrected chi connectivity index (χ0v) is 10.4. The van der Waals surface area contributed by atoms with Crippen molar-refractivity contribution >= 4 is 22.2 Å². The molecule has 3 heteroatoms. The number of hydrogen-bond acceptors (Lipinski definition) is 2. The van der Waals surface area contributed by atoms with Gasteiger partial charge in [-0.25, -0.2) is 0 Å². The van der Waals surface area contributed by atoms with E-state index in [0.29, 0.717) is 6.61 Å². The van der Waals surface area contributed by atoms with Gasteiger partial charge in [0.2, 0.25) is 0 Å². The van der Waals surface area contributed by atoms with Crippen LogP contribution in [-0.2, 0) is 0 Å². The third-order valence-corrected chi connectivity index (χ3v) is 3.42. The molecule has 3 rings (SSSR count). The molecule has 0 fully saturated rings. The van der Waals surface area contributed by atoms with E-state index in [0.717, 1.165) is 17.0 Å². The number of aromatic amines is 1. The lowest BCUT2D eigenvalue weighted by atomic mass is 10.2. The molecule has 0 bridgehead atoms. The zero-order valence-electron chi connectivity index (χ0n) is 9.57. The molecule has 0 aliphatic carbocycles. The maximum Gasteiger partial charge on any atom is 0.121 e. The number of nitrogens with one attached hydrogen (secondary N) is 1. The Labute approximate surface area is 104 Å². The van der Waals surface area contributed by atoms with Gasteiger partial charge in [-0.05, 0) is 36.6 Å². The standard InChI is InChI=1S/C14H13NOS/c1-2-16-12-4-3-10-7-13(15-14(10)8-12)11-5-6-17-9-11/h3-9,15H,2H2,1H3. The molecule has 0 saturated carbocycles. The molecule has 2 heterocycles. The van der Waals surface area contributed by atoms with E-state index >= 15 is 0 Å². The molecular weight excluding hydrogens is 230 g/mol. The van der Waals surface area contributed by atoms with E-state index in [1.165, 1.54) is 10.9 Å². The zero-order chi connectivity index (χ0) is 11.7. The average Bonchev–Trinajstić information content (AvgIpc) is 2.97. The molecule has 0 amide bonds. The second-order valence-corrected chi connectivity index (χ2v) is 4.66. The van der Waals surface area contributed by atoms with E-state index < -0.39 is 0 Å². The van der Waals surface area contributed by atoms with Crippen LogP contribution in [0.4, 0.5) is 0 Å². The first kappa shape index (κ1) is 10.4. The predicted octanol–water partition coefficient (Wildman–Crippen LogP) is 4.30. The van der Waals surface area contributed by atoms with Crippen LogP contribution in [0, 0.1) is 0 Å². The first-order valence-electron chi connectivity index (χ1n) is 5.65. The molecular formula is C14H13NOS. The predicted molar refractivity (Wildman–Crippen MR) is 72.8 cm³/mol. The van der Waals surface area contributed by atoms with Gasteiger partial charge in [0.05, 0.1) is 6.61 Å². The molecule has 2 nitrogen and oxygen atoms in total. The molecule has 0 radical (unpaired) electrons. The summed E-state index contributed by atoms with van der Waals surface area (Å²) in [6, 6.07) is 10.4. The third kappa shape index (κ3) is 1.94. The maximum atomic E-state index is 5.50. The summed E-state index contributed by atoms with van der Waals surface area (Å²) in [5.41, 5.74) is 3.52. The first-order valence-corrected chi connectivity index (χ1v) is 6.59. The second kappa shape index (κ2) is 4.26. The average molecular weight is 243 g/mol. The highest BCUT2D eigenvalue weighted by molar-refractivity contribution is 7.08. The van der Waals surface area contributed by atoms with Crippen molar-refractivity contribution in [3.63, 3.8) is 0 Å². The molecule has 1 N–H and O–H groups in total. The number of fused-ring (bicyclic) bond motifs is 1. The van der Waals surface area contributed by atoms with Crippen molar-refractivity contribution in [1.29, 1.82) is 0 Å². The van der Waals surface area contributed by atoms with Crippen molar-refractivity contribution in [1.82, 2.24) is 4.98 Å². The Hall–Kier alpha value is -1.74. The van der Waals surface area contributed by atoms with Crippen LogP contribution in [0.5, 0.6) is 5.75 Å². The molecule has 2 aromatic heterocycles. The lowest BCUT2D eigenvalue weighted by molar-refractivity contribution is 0.340. The van der Waals surface area contributed by atoms with Gasteiger partial charge in [-0.1, -0.05) is 0 Å². The monoisotopic (exact) mass is 243 g/mol.